The average Bonchev–Trinajstić information content (AvgIpc) is 2.53. The largest absolute Gasteiger partial charge is 0.333 e. The minimum absolute atomic E-state index is 0.0155. The van der Waals surface area contributed by atoms with Gasteiger partial charge in [0.25, 0.3) is 5.91 Å². The third kappa shape index (κ3) is 3.42. The fourth-order valence-corrected chi connectivity index (χ4v) is 1.98. The maximum atomic E-state index is 12.4. The second kappa shape index (κ2) is 6.82. The lowest BCUT2D eigenvalue weighted by atomic mass is 10.1. The fourth-order valence-electron chi connectivity index (χ4n) is 1.98. The lowest BCUT2D eigenvalue weighted by molar-refractivity contribution is 0.0750. The molecule has 20 heavy (non-hydrogen) atoms. The monoisotopic (exact) mass is 269 g/mol. The van der Waals surface area contributed by atoms with Crippen molar-refractivity contribution >= 4 is 5.91 Å². The average molecular weight is 269 g/mol. The molecule has 0 aliphatic rings. The predicted molar refractivity (Wildman–Crippen MR) is 79.0 cm³/mol. The van der Waals surface area contributed by atoms with Gasteiger partial charge in [0.05, 0.1) is 12.2 Å². The van der Waals surface area contributed by atoms with Crippen LogP contribution in [0.1, 0.15) is 28.5 Å². The molecule has 0 aliphatic carbocycles. The first kappa shape index (κ1) is 14.2. The number of amides is 1. The number of nitrogens with two attached hydrogens (primary N) is 1. The van der Waals surface area contributed by atoms with Crippen molar-refractivity contribution < 1.29 is 4.79 Å². The maximum absolute atomic E-state index is 12.4. The van der Waals surface area contributed by atoms with Crippen LogP contribution in [0.5, 0.6) is 0 Å². The molecule has 104 valence electrons. The van der Waals surface area contributed by atoms with Gasteiger partial charge in [-0.3, -0.25) is 9.78 Å². The number of rotatable bonds is 5. The van der Waals surface area contributed by atoms with Gasteiger partial charge in [0.2, 0.25) is 0 Å². The molecule has 0 atom stereocenters. The summed E-state index contributed by atoms with van der Waals surface area (Å²) in [5.74, 6) is 0.0155. The van der Waals surface area contributed by atoms with Crippen LogP contribution >= 0.6 is 0 Å². The molecular formula is C16H19N3O. The van der Waals surface area contributed by atoms with Gasteiger partial charge in [0.1, 0.15) is 0 Å². The van der Waals surface area contributed by atoms with Gasteiger partial charge in [0, 0.05) is 24.8 Å². The Morgan fingerprint density at radius 2 is 1.95 bits per heavy atom. The van der Waals surface area contributed by atoms with E-state index in [0.717, 1.165) is 11.3 Å². The second-order valence-electron chi connectivity index (χ2n) is 4.54. The standard InChI is InChI=1S/C16H19N3O/c1-2-19(12-15-5-3-4-10-18-15)16(20)14-8-6-13(11-17)7-9-14/h3-10H,2,11-12,17H2,1H3. The Morgan fingerprint density at radius 1 is 1.20 bits per heavy atom. The van der Waals surface area contributed by atoms with Crippen LogP contribution in [-0.4, -0.2) is 22.3 Å². The molecule has 0 radical (unpaired) electrons. The van der Waals surface area contributed by atoms with Crippen molar-refractivity contribution in [3.63, 3.8) is 0 Å². The molecule has 1 aromatic carbocycles. The van der Waals surface area contributed by atoms with E-state index in [0.29, 0.717) is 25.2 Å². The Morgan fingerprint density at radius 3 is 2.50 bits per heavy atom. The molecule has 0 aliphatic heterocycles. The minimum atomic E-state index is 0.0155. The van der Waals surface area contributed by atoms with Crippen molar-refractivity contribution in [2.75, 3.05) is 6.54 Å². The summed E-state index contributed by atoms with van der Waals surface area (Å²) in [5, 5.41) is 0. The quantitative estimate of drug-likeness (QED) is 0.905. The number of benzene rings is 1. The molecule has 2 N–H and O–H groups in total. The number of hydrogen-bond acceptors (Lipinski definition) is 3. The van der Waals surface area contributed by atoms with Crippen molar-refractivity contribution in [1.82, 2.24) is 9.88 Å². The van der Waals surface area contributed by atoms with Crippen molar-refractivity contribution in [3.05, 3.63) is 65.5 Å². The highest BCUT2D eigenvalue weighted by atomic mass is 16.2. The number of nitrogens with zero attached hydrogens (tertiary/aromatic N) is 2. The lowest BCUT2D eigenvalue weighted by Crippen LogP contribution is -2.30. The normalized spacial score (nSPS) is 10.3. The summed E-state index contributed by atoms with van der Waals surface area (Å²) in [6.07, 6.45) is 1.74. The van der Waals surface area contributed by atoms with E-state index in [2.05, 4.69) is 4.98 Å². The van der Waals surface area contributed by atoms with E-state index < -0.39 is 0 Å². The molecule has 0 bridgehead atoms. The Kier molecular flexibility index (Phi) is 4.85. The lowest BCUT2D eigenvalue weighted by Gasteiger charge is -2.20. The van der Waals surface area contributed by atoms with Crippen molar-refractivity contribution in [3.8, 4) is 0 Å². The molecule has 0 fully saturated rings. The highest BCUT2D eigenvalue weighted by Crippen LogP contribution is 2.10. The van der Waals surface area contributed by atoms with E-state index in [-0.39, 0.29) is 5.91 Å². The third-order valence-electron chi connectivity index (χ3n) is 3.18. The van der Waals surface area contributed by atoms with Crippen LogP contribution in [0.3, 0.4) is 0 Å². The number of aromatic nitrogens is 1. The highest BCUT2D eigenvalue weighted by Gasteiger charge is 2.14. The molecule has 0 saturated carbocycles. The topological polar surface area (TPSA) is 59.2 Å². The SMILES string of the molecule is CCN(Cc1ccccn1)C(=O)c1ccc(CN)cc1. The first-order valence-corrected chi connectivity index (χ1v) is 6.72. The van der Waals surface area contributed by atoms with Gasteiger partial charge in [-0.1, -0.05) is 18.2 Å². The number of carbonyl (C=O) groups is 1. The van der Waals surface area contributed by atoms with Crippen LogP contribution in [0.25, 0.3) is 0 Å². The van der Waals surface area contributed by atoms with Crippen molar-refractivity contribution in [2.24, 2.45) is 5.73 Å². The minimum Gasteiger partial charge on any atom is -0.333 e. The first-order valence-electron chi connectivity index (χ1n) is 6.72. The van der Waals surface area contributed by atoms with Crippen LogP contribution in [0.15, 0.2) is 48.7 Å². The summed E-state index contributed by atoms with van der Waals surface area (Å²) >= 11 is 0. The Bertz CT molecular complexity index is 552. The van der Waals surface area contributed by atoms with Gasteiger partial charge in [-0.15, -0.1) is 0 Å². The summed E-state index contributed by atoms with van der Waals surface area (Å²) in [4.78, 5) is 18.5. The fraction of sp³-hybridized carbons (Fsp3) is 0.250. The van der Waals surface area contributed by atoms with Gasteiger partial charge >= 0.3 is 0 Å². The molecule has 0 unspecified atom stereocenters. The Balaban J connectivity index is 2.12. The van der Waals surface area contributed by atoms with Gasteiger partial charge < -0.3 is 10.6 Å². The Labute approximate surface area is 119 Å². The second-order valence-corrected chi connectivity index (χ2v) is 4.54. The summed E-state index contributed by atoms with van der Waals surface area (Å²) in [7, 11) is 0. The molecule has 1 aromatic heterocycles. The van der Waals surface area contributed by atoms with E-state index in [4.69, 9.17) is 5.73 Å². The molecule has 1 heterocycles. The van der Waals surface area contributed by atoms with Gasteiger partial charge in [0.15, 0.2) is 0 Å². The maximum Gasteiger partial charge on any atom is 0.254 e. The summed E-state index contributed by atoms with van der Waals surface area (Å²) in [6, 6.07) is 13.2. The van der Waals surface area contributed by atoms with Crippen LogP contribution in [0.2, 0.25) is 0 Å². The molecule has 1 amide bonds. The predicted octanol–water partition coefficient (Wildman–Crippen LogP) is 2.20. The first-order chi connectivity index (χ1) is 9.74. The van der Waals surface area contributed by atoms with E-state index >= 15 is 0 Å². The zero-order valence-corrected chi connectivity index (χ0v) is 11.6. The number of hydrogen-bond donors (Lipinski definition) is 1. The molecule has 4 nitrogen and oxygen atoms in total. The van der Waals surface area contributed by atoms with Gasteiger partial charge in [-0.25, -0.2) is 0 Å². The third-order valence-corrected chi connectivity index (χ3v) is 3.18. The molecule has 4 heteroatoms. The zero-order valence-electron chi connectivity index (χ0n) is 11.6. The number of pyridine rings is 1. The van der Waals surface area contributed by atoms with E-state index in [1.807, 2.05) is 49.4 Å². The Hall–Kier alpha value is -2.20. The van der Waals surface area contributed by atoms with Crippen molar-refractivity contribution in [2.45, 2.75) is 20.0 Å². The highest BCUT2D eigenvalue weighted by molar-refractivity contribution is 5.94. The van der Waals surface area contributed by atoms with E-state index in [1.54, 1.807) is 11.1 Å². The molecular weight excluding hydrogens is 250 g/mol. The van der Waals surface area contributed by atoms with Gasteiger partial charge in [-0.2, -0.15) is 0 Å². The van der Waals surface area contributed by atoms with Crippen LogP contribution in [-0.2, 0) is 13.1 Å². The molecule has 0 saturated heterocycles. The van der Waals surface area contributed by atoms with Gasteiger partial charge in [-0.05, 0) is 36.8 Å². The summed E-state index contributed by atoms with van der Waals surface area (Å²) < 4.78 is 0. The summed E-state index contributed by atoms with van der Waals surface area (Å²) in [5.41, 5.74) is 8.15. The molecule has 2 aromatic rings. The van der Waals surface area contributed by atoms with Crippen LogP contribution < -0.4 is 5.73 Å². The number of carbonyl (C=O) groups excluding carboxylic acids is 1. The van der Waals surface area contributed by atoms with Crippen LogP contribution in [0.4, 0.5) is 0 Å². The molecule has 0 spiro atoms. The van der Waals surface area contributed by atoms with Crippen LogP contribution in [0, 0.1) is 0 Å². The smallest absolute Gasteiger partial charge is 0.254 e. The molecule has 2 rings (SSSR count). The van der Waals surface area contributed by atoms with E-state index in [1.165, 1.54) is 0 Å². The van der Waals surface area contributed by atoms with Crippen molar-refractivity contribution in [1.29, 1.82) is 0 Å². The van der Waals surface area contributed by atoms with E-state index in [9.17, 15) is 4.79 Å². The summed E-state index contributed by atoms with van der Waals surface area (Å²) in [6.45, 7) is 3.62. The zero-order chi connectivity index (χ0) is 14.4.